The molecular weight excluding hydrogens is 274 g/mol. The highest BCUT2D eigenvalue weighted by Gasteiger charge is 2.28. The van der Waals surface area contributed by atoms with Gasteiger partial charge in [-0.2, -0.15) is 0 Å². The standard InChI is InChI=1S/C15H17NO5/c17-14(11-2-1-3-12-13(11)21-8-20-12)16-10-6-4-9(5-7-10)15(18)19/h1-3,9-10H,4-8H2,(H,16,17)(H,18,19). The van der Waals surface area contributed by atoms with Crippen LogP contribution in [0.4, 0.5) is 0 Å². The molecule has 112 valence electrons. The molecular formula is C15H17NO5. The Balaban J connectivity index is 1.63. The molecule has 1 aromatic carbocycles. The minimum Gasteiger partial charge on any atom is -0.481 e. The fourth-order valence-electron chi connectivity index (χ4n) is 2.86. The van der Waals surface area contributed by atoms with Crippen LogP contribution < -0.4 is 14.8 Å². The molecule has 2 N–H and O–H groups in total. The van der Waals surface area contributed by atoms with Gasteiger partial charge in [0.05, 0.1) is 11.5 Å². The summed E-state index contributed by atoms with van der Waals surface area (Å²) in [5, 5.41) is 11.9. The number of amides is 1. The molecule has 1 amide bonds. The van der Waals surface area contributed by atoms with Crippen molar-refractivity contribution in [3.05, 3.63) is 23.8 Å². The third kappa shape index (κ3) is 2.79. The number of carbonyl (C=O) groups is 2. The molecule has 0 atom stereocenters. The van der Waals surface area contributed by atoms with E-state index in [-0.39, 0.29) is 24.7 Å². The lowest BCUT2D eigenvalue weighted by Crippen LogP contribution is -2.38. The van der Waals surface area contributed by atoms with Crippen LogP contribution in [0.5, 0.6) is 11.5 Å². The maximum Gasteiger partial charge on any atom is 0.306 e. The van der Waals surface area contributed by atoms with Gasteiger partial charge in [0, 0.05) is 6.04 Å². The van der Waals surface area contributed by atoms with Gasteiger partial charge in [-0.3, -0.25) is 9.59 Å². The van der Waals surface area contributed by atoms with E-state index in [9.17, 15) is 9.59 Å². The second-order valence-electron chi connectivity index (χ2n) is 5.40. The first-order valence-electron chi connectivity index (χ1n) is 7.07. The number of fused-ring (bicyclic) bond motifs is 1. The number of nitrogens with one attached hydrogen (secondary N) is 1. The highest BCUT2D eigenvalue weighted by atomic mass is 16.7. The highest BCUT2D eigenvalue weighted by Crippen LogP contribution is 2.35. The van der Waals surface area contributed by atoms with Crippen LogP contribution >= 0.6 is 0 Å². The molecule has 1 saturated carbocycles. The first-order chi connectivity index (χ1) is 10.1. The Morgan fingerprint density at radius 1 is 1.14 bits per heavy atom. The zero-order valence-electron chi connectivity index (χ0n) is 11.5. The molecule has 1 aromatic rings. The molecule has 2 aliphatic rings. The van der Waals surface area contributed by atoms with Gasteiger partial charge >= 0.3 is 5.97 Å². The summed E-state index contributed by atoms with van der Waals surface area (Å²) in [6, 6.07) is 5.23. The van der Waals surface area contributed by atoms with Crippen LogP contribution in [0.3, 0.4) is 0 Å². The topological polar surface area (TPSA) is 84.9 Å². The Bertz CT molecular complexity index is 563. The van der Waals surface area contributed by atoms with Crippen LogP contribution in [-0.2, 0) is 4.79 Å². The number of carbonyl (C=O) groups excluding carboxylic acids is 1. The zero-order valence-corrected chi connectivity index (χ0v) is 11.5. The molecule has 3 rings (SSSR count). The van der Waals surface area contributed by atoms with Gasteiger partial charge in [0.2, 0.25) is 6.79 Å². The molecule has 6 heteroatoms. The fraction of sp³-hybridized carbons (Fsp3) is 0.467. The lowest BCUT2D eigenvalue weighted by Gasteiger charge is -2.26. The van der Waals surface area contributed by atoms with E-state index < -0.39 is 5.97 Å². The number of carboxylic acid groups (broad SMARTS) is 1. The monoisotopic (exact) mass is 291 g/mol. The van der Waals surface area contributed by atoms with E-state index in [0.717, 1.165) is 0 Å². The van der Waals surface area contributed by atoms with Crippen molar-refractivity contribution in [1.82, 2.24) is 5.32 Å². The molecule has 0 aromatic heterocycles. The van der Waals surface area contributed by atoms with Gasteiger partial charge < -0.3 is 19.9 Å². The molecule has 0 bridgehead atoms. The second-order valence-corrected chi connectivity index (χ2v) is 5.40. The van der Waals surface area contributed by atoms with Gasteiger partial charge in [-0.1, -0.05) is 6.07 Å². The molecule has 0 unspecified atom stereocenters. The maximum atomic E-state index is 12.3. The van der Waals surface area contributed by atoms with Crippen LogP contribution in [0.15, 0.2) is 18.2 Å². The van der Waals surface area contributed by atoms with E-state index in [1.807, 2.05) is 0 Å². The van der Waals surface area contributed by atoms with Crippen molar-refractivity contribution in [2.24, 2.45) is 5.92 Å². The van der Waals surface area contributed by atoms with Crippen LogP contribution in [0.1, 0.15) is 36.0 Å². The summed E-state index contributed by atoms with van der Waals surface area (Å²) in [4.78, 5) is 23.2. The van der Waals surface area contributed by atoms with Crippen LogP contribution in [0.25, 0.3) is 0 Å². The lowest BCUT2D eigenvalue weighted by molar-refractivity contribution is -0.142. The molecule has 0 radical (unpaired) electrons. The SMILES string of the molecule is O=C(NC1CCC(C(=O)O)CC1)c1cccc2c1OCO2. The summed E-state index contributed by atoms with van der Waals surface area (Å²) in [6.45, 7) is 0.128. The van der Waals surface area contributed by atoms with E-state index >= 15 is 0 Å². The van der Waals surface area contributed by atoms with Crippen molar-refractivity contribution in [3.8, 4) is 11.5 Å². The van der Waals surface area contributed by atoms with Gasteiger partial charge in [-0.15, -0.1) is 0 Å². The number of hydrogen-bond acceptors (Lipinski definition) is 4. The van der Waals surface area contributed by atoms with Crippen LogP contribution in [0, 0.1) is 5.92 Å². The smallest absolute Gasteiger partial charge is 0.306 e. The molecule has 6 nitrogen and oxygen atoms in total. The Morgan fingerprint density at radius 2 is 1.90 bits per heavy atom. The number of hydrogen-bond donors (Lipinski definition) is 2. The van der Waals surface area contributed by atoms with E-state index in [2.05, 4.69) is 5.32 Å². The molecule has 0 spiro atoms. The quantitative estimate of drug-likeness (QED) is 0.887. The molecule has 1 aliphatic heterocycles. The number of rotatable bonds is 3. The minimum absolute atomic E-state index is 0.0197. The van der Waals surface area contributed by atoms with Crippen molar-refractivity contribution < 1.29 is 24.2 Å². The Morgan fingerprint density at radius 3 is 2.62 bits per heavy atom. The Hall–Kier alpha value is -2.24. The summed E-state index contributed by atoms with van der Waals surface area (Å²) >= 11 is 0. The molecule has 21 heavy (non-hydrogen) atoms. The van der Waals surface area contributed by atoms with E-state index in [4.69, 9.17) is 14.6 Å². The van der Waals surface area contributed by atoms with Gasteiger partial charge in [-0.25, -0.2) is 0 Å². The summed E-state index contributed by atoms with van der Waals surface area (Å²) in [6.07, 6.45) is 2.59. The number of carboxylic acids is 1. The third-order valence-electron chi connectivity index (χ3n) is 4.05. The summed E-state index contributed by atoms with van der Waals surface area (Å²) in [5.74, 6) is -0.162. The lowest BCUT2D eigenvalue weighted by atomic mass is 9.86. The molecule has 1 fully saturated rings. The van der Waals surface area contributed by atoms with Crippen molar-refractivity contribution in [2.75, 3.05) is 6.79 Å². The summed E-state index contributed by atoms with van der Waals surface area (Å²) < 4.78 is 10.6. The van der Waals surface area contributed by atoms with Crippen LogP contribution in [-0.4, -0.2) is 29.8 Å². The maximum absolute atomic E-state index is 12.3. The van der Waals surface area contributed by atoms with Crippen LogP contribution in [0.2, 0.25) is 0 Å². The molecule has 0 saturated heterocycles. The fourth-order valence-corrected chi connectivity index (χ4v) is 2.86. The van der Waals surface area contributed by atoms with Crippen molar-refractivity contribution in [1.29, 1.82) is 0 Å². The van der Waals surface area contributed by atoms with Gasteiger partial charge in [0.1, 0.15) is 0 Å². The average Bonchev–Trinajstić information content (AvgIpc) is 2.96. The first kappa shape index (κ1) is 13.7. The normalized spacial score (nSPS) is 23.6. The third-order valence-corrected chi connectivity index (χ3v) is 4.05. The summed E-state index contributed by atoms with van der Waals surface area (Å²) in [7, 11) is 0. The summed E-state index contributed by atoms with van der Waals surface area (Å²) in [5.41, 5.74) is 0.463. The molecule has 1 aliphatic carbocycles. The predicted octanol–water partition coefficient (Wildman–Crippen LogP) is 1.79. The first-order valence-corrected chi connectivity index (χ1v) is 7.07. The van der Waals surface area contributed by atoms with E-state index in [1.54, 1.807) is 18.2 Å². The highest BCUT2D eigenvalue weighted by molar-refractivity contribution is 5.98. The van der Waals surface area contributed by atoms with Crippen molar-refractivity contribution in [2.45, 2.75) is 31.7 Å². The number of ether oxygens (including phenoxy) is 2. The van der Waals surface area contributed by atoms with Gasteiger partial charge in [0.15, 0.2) is 11.5 Å². The largest absolute Gasteiger partial charge is 0.481 e. The van der Waals surface area contributed by atoms with Crippen molar-refractivity contribution >= 4 is 11.9 Å². The number of benzene rings is 1. The number of para-hydroxylation sites is 1. The zero-order chi connectivity index (χ0) is 14.8. The van der Waals surface area contributed by atoms with Gasteiger partial charge in [-0.05, 0) is 37.8 Å². The van der Waals surface area contributed by atoms with E-state index in [0.29, 0.717) is 42.7 Å². The van der Waals surface area contributed by atoms with Crippen molar-refractivity contribution in [3.63, 3.8) is 0 Å². The molecule has 1 heterocycles. The van der Waals surface area contributed by atoms with E-state index in [1.165, 1.54) is 0 Å². The average molecular weight is 291 g/mol. The minimum atomic E-state index is -0.744. The Labute approximate surface area is 122 Å². The Kier molecular flexibility index (Phi) is 3.68. The number of aliphatic carboxylic acids is 1. The predicted molar refractivity (Wildman–Crippen MR) is 73.4 cm³/mol. The van der Waals surface area contributed by atoms with Gasteiger partial charge in [0.25, 0.3) is 5.91 Å². The second kappa shape index (κ2) is 5.63.